The Morgan fingerprint density at radius 1 is 1.43 bits per heavy atom. The molecule has 0 saturated carbocycles. The largest absolute Gasteiger partial charge is 0.482 e. The van der Waals surface area contributed by atoms with E-state index >= 15 is 0 Å². The molecule has 0 spiro atoms. The van der Waals surface area contributed by atoms with Gasteiger partial charge in [0, 0.05) is 0 Å². The fourth-order valence-corrected chi connectivity index (χ4v) is 0.940. The molecule has 0 unspecified atom stereocenters. The number of ether oxygens (including phenoxy) is 1. The first kappa shape index (κ1) is 10.1. The second-order valence-corrected chi connectivity index (χ2v) is 2.66. The predicted octanol–water partition coefficient (Wildman–Crippen LogP) is 1.22. The highest BCUT2D eigenvalue weighted by atomic mass is 16.5. The van der Waals surface area contributed by atoms with Crippen LogP contribution < -0.4 is 4.74 Å². The summed E-state index contributed by atoms with van der Waals surface area (Å²) in [7, 11) is 0. The van der Waals surface area contributed by atoms with Crippen LogP contribution >= 0.6 is 0 Å². The van der Waals surface area contributed by atoms with E-state index in [1.165, 1.54) is 0 Å². The molecule has 0 atom stereocenters. The Balaban J connectivity index is 2.56. The van der Waals surface area contributed by atoms with Crippen molar-refractivity contribution < 1.29 is 14.6 Å². The van der Waals surface area contributed by atoms with Crippen molar-refractivity contribution in [1.29, 1.82) is 5.26 Å². The maximum Gasteiger partial charge on any atom is 0.341 e. The average molecular weight is 191 g/mol. The van der Waals surface area contributed by atoms with Gasteiger partial charge in [-0.2, -0.15) is 5.26 Å². The van der Waals surface area contributed by atoms with Crippen molar-refractivity contribution in [3.05, 3.63) is 29.8 Å². The number of nitriles is 1. The minimum atomic E-state index is -1.01. The molecule has 1 aromatic rings. The lowest BCUT2D eigenvalue weighted by Gasteiger charge is -2.02. The van der Waals surface area contributed by atoms with Crippen LogP contribution in [-0.2, 0) is 11.2 Å². The molecule has 0 fully saturated rings. The van der Waals surface area contributed by atoms with E-state index in [1.54, 1.807) is 24.3 Å². The maximum absolute atomic E-state index is 10.2. The minimum Gasteiger partial charge on any atom is -0.482 e. The number of benzene rings is 1. The van der Waals surface area contributed by atoms with E-state index in [0.29, 0.717) is 12.2 Å². The Bertz CT molecular complexity index is 351. The number of carboxylic acid groups (broad SMARTS) is 1. The predicted molar refractivity (Wildman–Crippen MR) is 48.9 cm³/mol. The molecule has 72 valence electrons. The molecule has 1 N–H and O–H groups in total. The first-order valence-electron chi connectivity index (χ1n) is 4.03. The third-order valence-corrected chi connectivity index (χ3v) is 1.57. The summed E-state index contributed by atoms with van der Waals surface area (Å²) in [6.07, 6.45) is 0.346. The lowest BCUT2D eigenvalue weighted by atomic mass is 10.2. The van der Waals surface area contributed by atoms with Gasteiger partial charge in [-0.15, -0.1) is 0 Å². The van der Waals surface area contributed by atoms with Crippen molar-refractivity contribution in [2.24, 2.45) is 0 Å². The van der Waals surface area contributed by atoms with Crippen LogP contribution in [0.1, 0.15) is 5.56 Å². The smallest absolute Gasteiger partial charge is 0.341 e. The van der Waals surface area contributed by atoms with E-state index < -0.39 is 5.97 Å². The highest BCUT2D eigenvalue weighted by Crippen LogP contribution is 2.12. The van der Waals surface area contributed by atoms with Crippen molar-refractivity contribution in [3.8, 4) is 11.8 Å². The molecule has 0 aliphatic carbocycles. The Morgan fingerprint density at radius 3 is 2.57 bits per heavy atom. The normalized spacial score (nSPS) is 9.07. The highest BCUT2D eigenvalue weighted by molar-refractivity contribution is 5.68. The Labute approximate surface area is 81.4 Å². The van der Waals surface area contributed by atoms with E-state index in [4.69, 9.17) is 15.1 Å². The Kier molecular flexibility index (Phi) is 3.50. The molecular formula is C10H9NO3. The summed E-state index contributed by atoms with van der Waals surface area (Å²) in [6.45, 7) is -0.350. The molecule has 0 radical (unpaired) electrons. The Morgan fingerprint density at radius 2 is 2.07 bits per heavy atom. The van der Waals surface area contributed by atoms with Crippen LogP contribution in [-0.4, -0.2) is 17.7 Å². The Hall–Kier alpha value is -2.02. The molecule has 0 aliphatic rings. The summed E-state index contributed by atoms with van der Waals surface area (Å²) >= 11 is 0. The molecule has 1 rings (SSSR count). The van der Waals surface area contributed by atoms with Crippen molar-refractivity contribution in [3.63, 3.8) is 0 Å². The van der Waals surface area contributed by atoms with Crippen LogP contribution in [0.4, 0.5) is 0 Å². The SMILES string of the molecule is N#CCc1ccc(OCC(=O)O)cc1. The van der Waals surface area contributed by atoms with Crippen molar-refractivity contribution >= 4 is 5.97 Å². The summed E-state index contributed by atoms with van der Waals surface area (Å²) in [5.41, 5.74) is 0.884. The first-order valence-corrected chi connectivity index (χ1v) is 4.03. The van der Waals surface area contributed by atoms with Crippen LogP contribution in [0.3, 0.4) is 0 Å². The van der Waals surface area contributed by atoms with E-state index in [1.807, 2.05) is 6.07 Å². The quantitative estimate of drug-likeness (QED) is 0.776. The van der Waals surface area contributed by atoms with Gasteiger partial charge in [0.1, 0.15) is 5.75 Å². The van der Waals surface area contributed by atoms with Gasteiger partial charge in [0.05, 0.1) is 12.5 Å². The fraction of sp³-hybridized carbons (Fsp3) is 0.200. The number of rotatable bonds is 4. The van der Waals surface area contributed by atoms with Crippen LogP contribution in [0.25, 0.3) is 0 Å². The lowest BCUT2D eigenvalue weighted by molar-refractivity contribution is -0.139. The number of hydrogen-bond donors (Lipinski definition) is 1. The van der Waals surface area contributed by atoms with Crippen molar-refractivity contribution in [1.82, 2.24) is 0 Å². The van der Waals surface area contributed by atoms with Crippen molar-refractivity contribution in [2.75, 3.05) is 6.61 Å². The van der Waals surface area contributed by atoms with Gasteiger partial charge in [-0.25, -0.2) is 4.79 Å². The van der Waals surface area contributed by atoms with Crippen LogP contribution in [0.2, 0.25) is 0 Å². The number of aliphatic carboxylic acids is 1. The minimum absolute atomic E-state index is 0.346. The van der Waals surface area contributed by atoms with Gasteiger partial charge in [-0.3, -0.25) is 0 Å². The maximum atomic E-state index is 10.2. The van der Waals surface area contributed by atoms with Gasteiger partial charge < -0.3 is 9.84 Å². The summed E-state index contributed by atoms with van der Waals surface area (Å²) in [6, 6.07) is 8.79. The summed E-state index contributed by atoms with van der Waals surface area (Å²) in [4.78, 5) is 10.2. The number of carboxylic acids is 1. The third-order valence-electron chi connectivity index (χ3n) is 1.57. The molecule has 4 heteroatoms. The van der Waals surface area contributed by atoms with E-state index in [0.717, 1.165) is 5.56 Å². The molecule has 14 heavy (non-hydrogen) atoms. The van der Waals surface area contributed by atoms with E-state index in [9.17, 15) is 4.79 Å². The van der Waals surface area contributed by atoms with Crippen LogP contribution in [0, 0.1) is 11.3 Å². The molecule has 0 amide bonds. The van der Waals surface area contributed by atoms with Gasteiger partial charge in [0.25, 0.3) is 0 Å². The highest BCUT2D eigenvalue weighted by Gasteiger charge is 1.98. The summed E-state index contributed by atoms with van der Waals surface area (Å²) in [5.74, 6) is -0.514. The van der Waals surface area contributed by atoms with E-state index in [-0.39, 0.29) is 6.61 Å². The molecule has 0 saturated heterocycles. The van der Waals surface area contributed by atoms with Crippen molar-refractivity contribution in [2.45, 2.75) is 6.42 Å². The zero-order valence-corrected chi connectivity index (χ0v) is 7.43. The van der Waals surface area contributed by atoms with Gasteiger partial charge in [0.15, 0.2) is 6.61 Å². The second-order valence-electron chi connectivity index (χ2n) is 2.66. The lowest BCUT2D eigenvalue weighted by Crippen LogP contribution is -2.09. The van der Waals surface area contributed by atoms with E-state index in [2.05, 4.69) is 0 Å². The molecule has 0 bridgehead atoms. The van der Waals surface area contributed by atoms with Gasteiger partial charge in [0.2, 0.25) is 0 Å². The monoisotopic (exact) mass is 191 g/mol. The van der Waals surface area contributed by atoms with Gasteiger partial charge in [-0.1, -0.05) is 12.1 Å². The van der Waals surface area contributed by atoms with Gasteiger partial charge in [-0.05, 0) is 17.7 Å². The topological polar surface area (TPSA) is 70.3 Å². The molecular weight excluding hydrogens is 182 g/mol. The molecule has 0 heterocycles. The molecule has 0 aromatic heterocycles. The first-order chi connectivity index (χ1) is 6.72. The van der Waals surface area contributed by atoms with Crippen LogP contribution in [0.5, 0.6) is 5.75 Å². The summed E-state index contributed by atoms with van der Waals surface area (Å²) < 4.78 is 4.92. The fourth-order valence-electron chi connectivity index (χ4n) is 0.940. The zero-order chi connectivity index (χ0) is 10.4. The van der Waals surface area contributed by atoms with Crippen LogP contribution in [0.15, 0.2) is 24.3 Å². The summed E-state index contributed by atoms with van der Waals surface area (Å²) in [5, 5.41) is 16.8. The average Bonchev–Trinajstić information content (AvgIpc) is 2.17. The molecule has 0 aliphatic heterocycles. The molecule has 4 nitrogen and oxygen atoms in total. The number of carbonyl (C=O) groups is 1. The molecule has 1 aromatic carbocycles. The van der Waals surface area contributed by atoms with Gasteiger partial charge >= 0.3 is 5.97 Å². The third kappa shape index (κ3) is 3.15. The zero-order valence-electron chi connectivity index (χ0n) is 7.43. The number of nitrogens with zero attached hydrogens (tertiary/aromatic N) is 1. The second kappa shape index (κ2) is 4.87. The standard InChI is InChI=1S/C10H9NO3/c11-6-5-8-1-3-9(4-2-8)14-7-10(12)13/h1-4H,5,7H2,(H,12,13). The number of hydrogen-bond acceptors (Lipinski definition) is 3.